The summed E-state index contributed by atoms with van der Waals surface area (Å²) in [6, 6.07) is 8.14. The van der Waals surface area contributed by atoms with Gasteiger partial charge in [-0.15, -0.1) is 0 Å². The molecule has 2 rings (SSSR count). The van der Waals surface area contributed by atoms with Crippen molar-refractivity contribution in [2.75, 3.05) is 20.7 Å². The first kappa shape index (κ1) is 14.9. The zero-order chi connectivity index (χ0) is 14.5. The smallest absolute Gasteiger partial charge is 0.239 e. The van der Waals surface area contributed by atoms with Crippen LogP contribution in [-0.2, 0) is 11.2 Å². The number of ether oxygens (including phenoxy) is 1. The molecule has 4 heteroatoms. The number of likely N-dealkylation sites (N-methyl/N-ethyl adjacent to an activating group) is 1. The third-order valence-electron chi connectivity index (χ3n) is 4.08. The van der Waals surface area contributed by atoms with Crippen LogP contribution in [0.4, 0.5) is 0 Å². The lowest BCUT2D eigenvalue weighted by molar-refractivity contribution is -0.133. The number of carbonyl (C=O) groups is 1. The Balaban J connectivity index is 1.99. The minimum Gasteiger partial charge on any atom is -0.496 e. The van der Waals surface area contributed by atoms with Crippen LogP contribution in [0.5, 0.6) is 5.75 Å². The summed E-state index contributed by atoms with van der Waals surface area (Å²) in [6.07, 6.45) is 2.84. The first-order chi connectivity index (χ1) is 9.63. The van der Waals surface area contributed by atoms with Gasteiger partial charge >= 0.3 is 0 Å². The largest absolute Gasteiger partial charge is 0.496 e. The van der Waals surface area contributed by atoms with Gasteiger partial charge in [0, 0.05) is 13.1 Å². The summed E-state index contributed by atoms with van der Waals surface area (Å²) in [5.41, 5.74) is 1.14. The normalized spacial score (nSPS) is 19.6. The Morgan fingerprint density at radius 2 is 2.25 bits per heavy atom. The molecule has 1 aromatic carbocycles. The number of carbonyl (C=O) groups excluding carboxylic acids is 1. The van der Waals surface area contributed by atoms with Gasteiger partial charge in [0.15, 0.2) is 0 Å². The molecule has 0 bridgehead atoms. The Bertz CT molecular complexity index is 456. The second kappa shape index (κ2) is 6.75. The number of para-hydroxylation sites is 1. The lowest BCUT2D eigenvalue weighted by Crippen LogP contribution is -2.46. The summed E-state index contributed by atoms with van der Waals surface area (Å²) in [5.74, 6) is 1.09. The molecule has 4 nitrogen and oxygen atoms in total. The summed E-state index contributed by atoms with van der Waals surface area (Å²) >= 11 is 0. The van der Waals surface area contributed by atoms with Crippen molar-refractivity contribution < 1.29 is 9.53 Å². The Kier molecular flexibility index (Phi) is 5.01. The van der Waals surface area contributed by atoms with Crippen LogP contribution in [0.15, 0.2) is 24.3 Å². The number of nitrogens with zero attached hydrogens (tertiary/aromatic N) is 1. The summed E-state index contributed by atoms with van der Waals surface area (Å²) in [5, 5.41) is 3.26. The van der Waals surface area contributed by atoms with Crippen molar-refractivity contribution in [1.82, 2.24) is 10.2 Å². The third-order valence-corrected chi connectivity index (χ3v) is 4.08. The fraction of sp³-hybridized carbons (Fsp3) is 0.562. The topological polar surface area (TPSA) is 41.6 Å². The van der Waals surface area contributed by atoms with E-state index in [0.717, 1.165) is 37.1 Å². The molecule has 1 N–H and O–H groups in total. The first-order valence-corrected chi connectivity index (χ1v) is 7.25. The summed E-state index contributed by atoms with van der Waals surface area (Å²) < 4.78 is 5.37. The fourth-order valence-electron chi connectivity index (χ4n) is 2.69. The molecule has 1 heterocycles. The molecule has 2 atom stereocenters. The molecule has 0 aliphatic carbocycles. The highest BCUT2D eigenvalue weighted by molar-refractivity contribution is 5.82. The average Bonchev–Trinajstić information content (AvgIpc) is 3.00. The van der Waals surface area contributed by atoms with Crippen molar-refractivity contribution in [1.29, 1.82) is 0 Å². The van der Waals surface area contributed by atoms with Crippen LogP contribution in [0.2, 0.25) is 0 Å². The predicted octanol–water partition coefficient (Wildman–Crippen LogP) is 1.84. The maximum absolute atomic E-state index is 12.4. The van der Waals surface area contributed by atoms with Gasteiger partial charge in [0.25, 0.3) is 0 Å². The highest BCUT2D eigenvalue weighted by atomic mass is 16.5. The third kappa shape index (κ3) is 3.31. The average molecular weight is 276 g/mol. The number of hydrogen-bond donors (Lipinski definition) is 1. The highest BCUT2D eigenvalue weighted by Gasteiger charge is 2.27. The molecule has 0 radical (unpaired) electrons. The van der Waals surface area contributed by atoms with Gasteiger partial charge in [-0.25, -0.2) is 0 Å². The number of rotatable bonds is 5. The Hall–Kier alpha value is -1.55. The van der Waals surface area contributed by atoms with E-state index < -0.39 is 0 Å². The zero-order valence-electron chi connectivity index (χ0n) is 12.6. The number of nitrogens with one attached hydrogen (secondary N) is 1. The minimum absolute atomic E-state index is 0.000110. The number of amides is 1. The van der Waals surface area contributed by atoms with Gasteiger partial charge < -0.3 is 15.0 Å². The molecule has 1 aliphatic rings. The van der Waals surface area contributed by atoms with Gasteiger partial charge in [0.2, 0.25) is 5.91 Å². The Morgan fingerprint density at radius 3 is 2.90 bits per heavy atom. The minimum atomic E-state index is 0.000110. The summed E-state index contributed by atoms with van der Waals surface area (Å²) in [4.78, 5) is 14.2. The van der Waals surface area contributed by atoms with E-state index in [1.165, 1.54) is 0 Å². The molecule has 0 spiro atoms. The molecule has 110 valence electrons. The number of benzene rings is 1. The number of hydrogen-bond acceptors (Lipinski definition) is 3. The Morgan fingerprint density at radius 1 is 1.50 bits per heavy atom. The lowest BCUT2D eigenvalue weighted by atomic mass is 10.0. The van der Waals surface area contributed by atoms with Gasteiger partial charge in [0.05, 0.1) is 13.2 Å². The van der Waals surface area contributed by atoms with E-state index in [0.29, 0.717) is 0 Å². The molecular formula is C16H24N2O2. The SMILES string of the molecule is COc1ccccc1CC(C)N(C)C(=O)[C@H]1CCCN1. The van der Waals surface area contributed by atoms with Crippen LogP contribution < -0.4 is 10.1 Å². The zero-order valence-corrected chi connectivity index (χ0v) is 12.6. The molecule has 1 aliphatic heterocycles. The van der Waals surface area contributed by atoms with Crippen LogP contribution in [0.1, 0.15) is 25.3 Å². The number of methoxy groups -OCH3 is 1. The molecule has 20 heavy (non-hydrogen) atoms. The maximum Gasteiger partial charge on any atom is 0.239 e. The molecule has 0 saturated carbocycles. The molecular weight excluding hydrogens is 252 g/mol. The van der Waals surface area contributed by atoms with E-state index in [1.807, 2.05) is 30.1 Å². The molecule has 1 saturated heterocycles. The van der Waals surface area contributed by atoms with Crippen LogP contribution in [0.3, 0.4) is 0 Å². The van der Waals surface area contributed by atoms with E-state index >= 15 is 0 Å². The molecule has 1 aromatic rings. The quantitative estimate of drug-likeness (QED) is 0.892. The van der Waals surface area contributed by atoms with Gasteiger partial charge in [-0.2, -0.15) is 0 Å². The van der Waals surface area contributed by atoms with E-state index in [1.54, 1.807) is 7.11 Å². The van der Waals surface area contributed by atoms with Crippen LogP contribution in [0.25, 0.3) is 0 Å². The molecule has 0 aromatic heterocycles. The van der Waals surface area contributed by atoms with Gasteiger partial charge in [-0.05, 0) is 44.4 Å². The van der Waals surface area contributed by atoms with Crippen molar-refractivity contribution >= 4 is 5.91 Å². The van der Waals surface area contributed by atoms with Crippen molar-refractivity contribution in [2.45, 2.75) is 38.3 Å². The molecule has 1 unspecified atom stereocenters. The standard InChI is InChI=1S/C16H24N2O2/c1-12(11-13-7-4-5-9-15(13)20-3)18(2)16(19)14-8-6-10-17-14/h4-5,7,9,12,14,17H,6,8,10-11H2,1-3H3/t12?,14-/m1/s1. The lowest BCUT2D eigenvalue weighted by Gasteiger charge is -2.28. The maximum atomic E-state index is 12.4. The van der Waals surface area contributed by atoms with E-state index in [2.05, 4.69) is 18.3 Å². The monoisotopic (exact) mass is 276 g/mol. The van der Waals surface area contributed by atoms with Crippen molar-refractivity contribution in [2.24, 2.45) is 0 Å². The van der Waals surface area contributed by atoms with Crippen LogP contribution in [0, 0.1) is 0 Å². The molecule has 1 amide bonds. The van der Waals surface area contributed by atoms with Gasteiger partial charge in [-0.1, -0.05) is 18.2 Å². The van der Waals surface area contributed by atoms with E-state index in [-0.39, 0.29) is 18.0 Å². The van der Waals surface area contributed by atoms with Gasteiger partial charge in [-0.3, -0.25) is 4.79 Å². The van der Waals surface area contributed by atoms with Crippen molar-refractivity contribution in [3.63, 3.8) is 0 Å². The van der Waals surface area contributed by atoms with E-state index in [4.69, 9.17) is 4.74 Å². The fourth-order valence-corrected chi connectivity index (χ4v) is 2.69. The van der Waals surface area contributed by atoms with Crippen molar-refractivity contribution in [3.8, 4) is 5.75 Å². The summed E-state index contributed by atoms with van der Waals surface area (Å²) in [6.45, 7) is 3.03. The molecule has 1 fully saturated rings. The van der Waals surface area contributed by atoms with Crippen molar-refractivity contribution in [3.05, 3.63) is 29.8 Å². The van der Waals surface area contributed by atoms with E-state index in [9.17, 15) is 4.79 Å². The summed E-state index contributed by atoms with van der Waals surface area (Å²) in [7, 11) is 3.57. The Labute approximate surface area is 121 Å². The van der Waals surface area contributed by atoms with Crippen LogP contribution in [-0.4, -0.2) is 43.6 Å². The first-order valence-electron chi connectivity index (χ1n) is 7.25. The highest BCUT2D eigenvalue weighted by Crippen LogP contribution is 2.20. The van der Waals surface area contributed by atoms with Gasteiger partial charge in [0.1, 0.15) is 5.75 Å². The second-order valence-electron chi connectivity index (χ2n) is 5.46. The predicted molar refractivity (Wildman–Crippen MR) is 80.0 cm³/mol. The second-order valence-corrected chi connectivity index (χ2v) is 5.46. The van der Waals surface area contributed by atoms with Crippen LogP contribution >= 0.6 is 0 Å².